The molecule has 0 saturated heterocycles. The van der Waals surface area contributed by atoms with E-state index in [0.717, 1.165) is 5.56 Å². The van der Waals surface area contributed by atoms with Gasteiger partial charge in [-0.15, -0.1) is 0 Å². The van der Waals surface area contributed by atoms with Crippen molar-refractivity contribution in [2.45, 2.75) is 32.6 Å². The second-order valence-corrected chi connectivity index (χ2v) is 4.86. The van der Waals surface area contributed by atoms with Crippen LogP contribution >= 0.6 is 0 Å². The first-order valence-electron chi connectivity index (χ1n) is 6.80. The molecule has 0 radical (unpaired) electrons. The van der Waals surface area contributed by atoms with Crippen LogP contribution in [0.1, 0.15) is 38.2 Å². The Labute approximate surface area is 118 Å². The Hall–Kier alpha value is -2.10. The number of rotatable bonds is 4. The Kier molecular flexibility index (Phi) is 4.56. The van der Waals surface area contributed by atoms with E-state index >= 15 is 0 Å². The minimum Gasteiger partial charge on any atom is -0.511 e. The van der Waals surface area contributed by atoms with E-state index in [2.05, 4.69) is 5.16 Å². The van der Waals surface area contributed by atoms with Crippen molar-refractivity contribution < 1.29 is 14.7 Å². The average Bonchev–Trinajstić information content (AvgIpc) is 2.45. The summed E-state index contributed by atoms with van der Waals surface area (Å²) in [5.74, 6) is 0.0620. The van der Waals surface area contributed by atoms with Gasteiger partial charge in [-0.05, 0) is 25.3 Å². The number of aliphatic hydroxyl groups is 1. The zero-order chi connectivity index (χ0) is 14.5. The van der Waals surface area contributed by atoms with Crippen LogP contribution in [0.25, 0.3) is 0 Å². The molecule has 1 N–H and O–H groups in total. The van der Waals surface area contributed by atoms with E-state index in [0.29, 0.717) is 30.7 Å². The number of hydrogen-bond donors (Lipinski definition) is 1. The number of ketones is 1. The van der Waals surface area contributed by atoms with Crippen molar-refractivity contribution >= 4 is 11.5 Å². The topological polar surface area (TPSA) is 58.9 Å². The first-order chi connectivity index (χ1) is 9.63. The fourth-order valence-electron chi connectivity index (χ4n) is 2.47. The highest BCUT2D eigenvalue weighted by molar-refractivity contribution is 6.22. The summed E-state index contributed by atoms with van der Waals surface area (Å²) in [4.78, 5) is 17.2. The molecular formula is C16H19NO3. The van der Waals surface area contributed by atoms with Gasteiger partial charge in [0.15, 0.2) is 5.78 Å². The SMILES string of the molecule is CCON=C(C)C1=C(O)CC(c2ccccc2)CC1=O. The van der Waals surface area contributed by atoms with Crippen molar-refractivity contribution in [3.8, 4) is 0 Å². The number of allylic oxidation sites excluding steroid dienone is 2. The van der Waals surface area contributed by atoms with Crippen LogP contribution in [0.4, 0.5) is 0 Å². The molecule has 1 unspecified atom stereocenters. The van der Waals surface area contributed by atoms with Gasteiger partial charge in [-0.3, -0.25) is 4.79 Å². The van der Waals surface area contributed by atoms with Gasteiger partial charge < -0.3 is 9.94 Å². The van der Waals surface area contributed by atoms with E-state index in [1.807, 2.05) is 37.3 Å². The van der Waals surface area contributed by atoms with Crippen LogP contribution in [0.15, 0.2) is 46.8 Å². The summed E-state index contributed by atoms with van der Waals surface area (Å²) >= 11 is 0. The van der Waals surface area contributed by atoms with Gasteiger partial charge in [-0.1, -0.05) is 35.5 Å². The predicted octanol–water partition coefficient (Wildman–Crippen LogP) is 3.36. The molecular weight excluding hydrogens is 254 g/mol. The lowest BCUT2D eigenvalue weighted by atomic mass is 9.81. The van der Waals surface area contributed by atoms with E-state index in [1.165, 1.54) is 0 Å². The van der Waals surface area contributed by atoms with Crippen molar-refractivity contribution in [3.05, 3.63) is 47.2 Å². The quantitative estimate of drug-likeness (QED) is 0.676. The normalized spacial score (nSPS) is 20.2. The molecule has 2 rings (SSSR count). The molecule has 0 saturated carbocycles. The highest BCUT2D eigenvalue weighted by Gasteiger charge is 2.30. The van der Waals surface area contributed by atoms with Crippen LogP contribution in [0.5, 0.6) is 0 Å². The van der Waals surface area contributed by atoms with E-state index in [-0.39, 0.29) is 17.5 Å². The number of carbonyl (C=O) groups is 1. The third-order valence-corrected chi connectivity index (χ3v) is 3.40. The van der Waals surface area contributed by atoms with Gasteiger partial charge >= 0.3 is 0 Å². The van der Waals surface area contributed by atoms with Crippen molar-refractivity contribution in [2.24, 2.45) is 5.16 Å². The highest BCUT2D eigenvalue weighted by Crippen LogP contribution is 2.33. The summed E-state index contributed by atoms with van der Waals surface area (Å²) in [6, 6.07) is 9.79. The maximum absolute atomic E-state index is 12.2. The number of aliphatic hydroxyl groups excluding tert-OH is 1. The van der Waals surface area contributed by atoms with Crippen molar-refractivity contribution in [3.63, 3.8) is 0 Å². The zero-order valence-electron chi connectivity index (χ0n) is 11.8. The molecule has 1 aliphatic carbocycles. The number of hydrogen-bond acceptors (Lipinski definition) is 4. The lowest BCUT2D eigenvalue weighted by molar-refractivity contribution is -0.116. The Morgan fingerprint density at radius 3 is 2.65 bits per heavy atom. The van der Waals surface area contributed by atoms with Gasteiger partial charge in [0.1, 0.15) is 12.4 Å². The summed E-state index contributed by atoms with van der Waals surface area (Å²) < 4.78 is 0. The van der Waals surface area contributed by atoms with Crippen LogP contribution in [-0.4, -0.2) is 23.2 Å². The third-order valence-electron chi connectivity index (χ3n) is 3.40. The number of carbonyl (C=O) groups excluding carboxylic acids is 1. The molecule has 106 valence electrons. The fraction of sp³-hybridized carbons (Fsp3) is 0.375. The number of Topliss-reactive ketones (excluding diaryl/α,β-unsaturated/α-hetero) is 1. The number of benzene rings is 1. The molecule has 1 aromatic carbocycles. The predicted molar refractivity (Wildman–Crippen MR) is 77.8 cm³/mol. The molecule has 0 spiro atoms. The molecule has 0 aromatic heterocycles. The Balaban J connectivity index is 2.23. The summed E-state index contributed by atoms with van der Waals surface area (Å²) in [6.07, 6.45) is 0.854. The first kappa shape index (κ1) is 14.3. The lowest BCUT2D eigenvalue weighted by Crippen LogP contribution is -2.22. The molecule has 0 aliphatic heterocycles. The second kappa shape index (κ2) is 6.37. The summed E-state index contributed by atoms with van der Waals surface area (Å²) in [5, 5.41) is 14.0. The molecule has 1 atom stereocenters. The molecule has 1 aromatic rings. The van der Waals surface area contributed by atoms with Gasteiger partial charge in [0.05, 0.1) is 11.3 Å². The monoisotopic (exact) mass is 273 g/mol. The molecule has 4 nitrogen and oxygen atoms in total. The first-order valence-corrected chi connectivity index (χ1v) is 6.80. The number of oxime groups is 1. The molecule has 4 heteroatoms. The molecule has 20 heavy (non-hydrogen) atoms. The molecule has 0 fully saturated rings. The van der Waals surface area contributed by atoms with E-state index < -0.39 is 0 Å². The van der Waals surface area contributed by atoms with Gasteiger partial charge in [0.25, 0.3) is 0 Å². The maximum Gasteiger partial charge on any atom is 0.168 e. The summed E-state index contributed by atoms with van der Waals surface area (Å²) in [6.45, 7) is 3.94. The van der Waals surface area contributed by atoms with Crippen LogP contribution < -0.4 is 0 Å². The van der Waals surface area contributed by atoms with Crippen LogP contribution in [0.2, 0.25) is 0 Å². The summed E-state index contributed by atoms with van der Waals surface area (Å²) in [5.41, 5.74) is 1.83. The van der Waals surface area contributed by atoms with E-state index in [1.54, 1.807) is 6.92 Å². The Morgan fingerprint density at radius 2 is 2.05 bits per heavy atom. The van der Waals surface area contributed by atoms with Gasteiger partial charge in [0.2, 0.25) is 0 Å². The summed E-state index contributed by atoms with van der Waals surface area (Å²) in [7, 11) is 0. The molecule has 0 bridgehead atoms. The highest BCUT2D eigenvalue weighted by atomic mass is 16.6. The van der Waals surface area contributed by atoms with Crippen molar-refractivity contribution in [2.75, 3.05) is 6.61 Å². The average molecular weight is 273 g/mol. The largest absolute Gasteiger partial charge is 0.511 e. The Bertz CT molecular complexity index is 546. The van der Waals surface area contributed by atoms with Crippen LogP contribution in [-0.2, 0) is 9.63 Å². The van der Waals surface area contributed by atoms with Crippen molar-refractivity contribution in [1.82, 2.24) is 0 Å². The zero-order valence-corrected chi connectivity index (χ0v) is 11.8. The molecule has 1 aliphatic rings. The standard InChI is InChI=1S/C16H19NO3/c1-3-20-17-11(2)16-14(18)9-13(10-15(16)19)12-7-5-4-6-8-12/h4-8,13,18H,3,9-10H2,1-2H3. The lowest BCUT2D eigenvalue weighted by Gasteiger charge is -2.23. The third kappa shape index (κ3) is 3.07. The smallest absolute Gasteiger partial charge is 0.168 e. The minimum atomic E-state index is -0.0800. The maximum atomic E-state index is 12.2. The number of nitrogens with zero attached hydrogens (tertiary/aromatic N) is 1. The minimum absolute atomic E-state index is 0.0346. The van der Waals surface area contributed by atoms with Gasteiger partial charge in [0, 0.05) is 12.8 Å². The van der Waals surface area contributed by atoms with Gasteiger partial charge in [-0.25, -0.2) is 0 Å². The fourth-order valence-corrected chi connectivity index (χ4v) is 2.47. The van der Waals surface area contributed by atoms with Crippen molar-refractivity contribution in [1.29, 1.82) is 0 Å². The molecule has 0 amide bonds. The van der Waals surface area contributed by atoms with Crippen LogP contribution in [0.3, 0.4) is 0 Å². The van der Waals surface area contributed by atoms with Gasteiger partial charge in [-0.2, -0.15) is 0 Å². The van der Waals surface area contributed by atoms with E-state index in [9.17, 15) is 9.90 Å². The second-order valence-electron chi connectivity index (χ2n) is 4.86. The molecule has 0 heterocycles. The van der Waals surface area contributed by atoms with Crippen LogP contribution in [0, 0.1) is 0 Å². The Morgan fingerprint density at radius 1 is 1.35 bits per heavy atom. The van der Waals surface area contributed by atoms with E-state index in [4.69, 9.17) is 4.84 Å².